The average molecular weight is 738 g/mol. The van der Waals surface area contributed by atoms with Crippen LogP contribution in [-0.4, -0.2) is 24.1 Å². The maximum Gasteiger partial charge on any atom is 0.238 e. The lowest BCUT2D eigenvalue weighted by Crippen LogP contribution is -2.42. The Kier molecular flexibility index (Phi) is 6.93. The summed E-state index contributed by atoms with van der Waals surface area (Å²) in [6.45, 7) is 14.7. The first-order valence-corrected chi connectivity index (χ1v) is 20.0. The Balaban J connectivity index is 1.33. The molecule has 3 heterocycles. The second-order valence-corrected chi connectivity index (χ2v) is 17.3. The van der Waals surface area contributed by atoms with Crippen molar-refractivity contribution in [3.63, 3.8) is 0 Å². The lowest BCUT2D eigenvalue weighted by atomic mass is 9.59. The van der Waals surface area contributed by atoms with Gasteiger partial charge in [0.25, 0.3) is 0 Å². The summed E-state index contributed by atoms with van der Waals surface area (Å²) < 4.78 is 4.87. The zero-order valence-electron chi connectivity index (χ0n) is 33.2. The van der Waals surface area contributed by atoms with E-state index in [1.54, 1.807) is 0 Å². The Morgan fingerprint density at radius 2 is 0.860 bits per heavy atom. The molecule has 11 rings (SSSR count). The highest BCUT2D eigenvalue weighted by molar-refractivity contribution is 6.37. The van der Waals surface area contributed by atoms with E-state index in [1.165, 1.54) is 49.4 Å². The zero-order chi connectivity index (χ0) is 38.8. The van der Waals surface area contributed by atoms with Crippen LogP contribution in [0.5, 0.6) is 0 Å². The molecule has 1 aliphatic rings. The molecule has 0 unspecified atom stereocenters. The first-order valence-electron chi connectivity index (χ1n) is 20.0. The molecular weight excluding hydrogens is 695 g/mol. The van der Waals surface area contributed by atoms with Crippen LogP contribution in [0.25, 0.3) is 88.8 Å². The van der Waals surface area contributed by atoms with Crippen molar-refractivity contribution < 1.29 is 0 Å². The molecule has 0 fully saturated rings. The smallest absolute Gasteiger partial charge is 0.238 e. The molecule has 0 amide bonds. The monoisotopic (exact) mass is 737 g/mol. The fourth-order valence-electron chi connectivity index (χ4n) is 10.1. The summed E-state index contributed by atoms with van der Waals surface area (Å²) in [6, 6.07) is 54.1. The number of rotatable bonds is 4. The van der Waals surface area contributed by atoms with Crippen LogP contribution in [0, 0.1) is 5.41 Å². The average Bonchev–Trinajstić information content (AvgIpc) is 3.80. The van der Waals surface area contributed by atoms with Gasteiger partial charge in [0.05, 0.1) is 27.8 Å². The van der Waals surface area contributed by atoms with Gasteiger partial charge in [0.2, 0.25) is 5.95 Å². The summed E-state index contributed by atoms with van der Waals surface area (Å²) in [6.07, 6.45) is 0. The number of hydrogen-bond acceptors (Lipinski definition) is 3. The summed E-state index contributed by atoms with van der Waals surface area (Å²) in [4.78, 5) is 15.6. The lowest BCUT2D eigenvalue weighted by Gasteiger charge is -2.44. The molecule has 0 radical (unpaired) electrons. The lowest BCUT2D eigenvalue weighted by molar-refractivity contribution is 0.125. The van der Waals surface area contributed by atoms with E-state index in [1.807, 2.05) is 36.4 Å². The fraction of sp³-hybridized carbons (Fsp3) is 0.173. The number of para-hydroxylation sites is 2. The van der Waals surface area contributed by atoms with Crippen LogP contribution < -0.4 is 0 Å². The minimum Gasteiger partial charge on any atom is -0.308 e. The number of benzene rings is 7. The number of aromatic nitrogens is 5. The van der Waals surface area contributed by atoms with E-state index in [2.05, 4.69) is 166 Å². The van der Waals surface area contributed by atoms with E-state index in [0.717, 1.165) is 32.9 Å². The van der Waals surface area contributed by atoms with Gasteiger partial charge in [-0.2, -0.15) is 9.97 Å². The molecule has 0 aliphatic heterocycles. The van der Waals surface area contributed by atoms with Gasteiger partial charge >= 0.3 is 0 Å². The molecule has 0 saturated carbocycles. The van der Waals surface area contributed by atoms with E-state index in [0.29, 0.717) is 17.6 Å². The SMILES string of the molecule is CC1(C)c2cccc(-n3c4ccccc4c4c5c6ccccc6n(-c6nc(-c7ccccc7)nc(-c7ccccc7)n6)c5c5ccccc5c43)c2C(C)(C)C1(C)C. The topological polar surface area (TPSA) is 48.5 Å². The second kappa shape index (κ2) is 11.7. The van der Waals surface area contributed by atoms with Gasteiger partial charge in [0.15, 0.2) is 11.6 Å². The third-order valence-electron chi connectivity index (χ3n) is 14.0. The predicted molar refractivity (Wildman–Crippen MR) is 237 cm³/mol. The predicted octanol–water partition coefficient (Wildman–Crippen LogP) is 13.1. The maximum absolute atomic E-state index is 5.29. The summed E-state index contributed by atoms with van der Waals surface area (Å²) in [7, 11) is 0. The van der Waals surface area contributed by atoms with Crippen molar-refractivity contribution in [1.82, 2.24) is 24.1 Å². The van der Waals surface area contributed by atoms with Crippen molar-refractivity contribution in [2.75, 3.05) is 0 Å². The summed E-state index contributed by atoms with van der Waals surface area (Å²) in [5.41, 5.74) is 10.5. The minimum atomic E-state index is -0.0956. The van der Waals surface area contributed by atoms with E-state index in [9.17, 15) is 0 Å². The highest BCUT2D eigenvalue weighted by Gasteiger charge is 2.57. The van der Waals surface area contributed by atoms with Crippen LogP contribution in [0.3, 0.4) is 0 Å². The van der Waals surface area contributed by atoms with Crippen molar-refractivity contribution in [3.05, 3.63) is 163 Å². The molecule has 10 aromatic rings. The molecule has 276 valence electrons. The third-order valence-corrected chi connectivity index (χ3v) is 14.0. The number of fused-ring (bicyclic) bond motifs is 11. The highest BCUT2D eigenvalue weighted by Crippen LogP contribution is 2.63. The van der Waals surface area contributed by atoms with E-state index < -0.39 is 0 Å². The Morgan fingerprint density at radius 1 is 0.404 bits per heavy atom. The van der Waals surface area contributed by atoms with Crippen molar-refractivity contribution in [2.45, 2.75) is 52.4 Å². The molecule has 57 heavy (non-hydrogen) atoms. The molecule has 0 N–H and O–H groups in total. The summed E-state index contributed by atoms with van der Waals surface area (Å²) in [5.74, 6) is 1.87. The van der Waals surface area contributed by atoms with Gasteiger partial charge in [0, 0.05) is 43.4 Å². The van der Waals surface area contributed by atoms with Gasteiger partial charge in [-0.25, -0.2) is 4.98 Å². The van der Waals surface area contributed by atoms with Crippen LogP contribution in [0.1, 0.15) is 52.7 Å². The molecule has 0 atom stereocenters. The summed E-state index contributed by atoms with van der Waals surface area (Å²) in [5, 5.41) is 7.16. The molecule has 5 heteroatoms. The first kappa shape index (κ1) is 33.7. The van der Waals surface area contributed by atoms with Crippen molar-refractivity contribution in [2.24, 2.45) is 5.41 Å². The van der Waals surface area contributed by atoms with Crippen molar-refractivity contribution in [3.8, 4) is 34.4 Å². The van der Waals surface area contributed by atoms with Crippen LogP contribution >= 0.6 is 0 Å². The molecule has 1 aliphatic carbocycles. The molecule has 0 bridgehead atoms. The fourth-order valence-corrected chi connectivity index (χ4v) is 10.1. The molecule has 0 saturated heterocycles. The largest absolute Gasteiger partial charge is 0.308 e. The third kappa shape index (κ3) is 4.43. The number of hydrogen-bond donors (Lipinski definition) is 0. The van der Waals surface area contributed by atoms with Gasteiger partial charge in [0.1, 0.15) is 0 Å². The van der Waals surface area contributed by atoms with Crippen LogP contribution in [-0.2, 0) is 10.8 Å². The molecule has 7 aromatic carbocycles. The Hall–Kier alpha value is -6.59. The second-order valence-electron chi connectivity index (χ2n) is 17.3. The molecule has 0 spiro atoms. The Morgan fingerprint density at radius 3 is 1.40 bits per heavy atom. The minimum absolute atomic E-state index is 0.0156. The normalized spacial score (nSPS) is 15.6. The van der Waals surface area contributed by atoms with Crippen molar-refractivity contribution >= 4 is 54.4 Å². The van der Waals surface area contributed by atoms with Gasteiger partial charge in [-0.3, -0.25) is 4.57 Å². The molecule has 5 nitrogen and oxygen atoms in total. The number of nitrogens with zero attached hydrogens (tertiary/aromatic N) is 5. The van der Waals surface area contributed by atoms with E-state index in [4.69, 9.17) is 15.0 Å². The van der Waals surface area contributed by atoms with Crippen LogP contribution in [0.4, 0.5) is 0 Å². The van der Waals surface area contributed by atoms with E-state index >= 15 is 0 Å². The Labute approximate surface area is 332 Å². The van der Waals surface area contributed by atoms with Gasteiger partial charge < -0.3 is 4.57 Å². The van der Waals surface area contributed by atoms with Gasteiger partial charge in [-0.15, -0.1) is 0 Å². The van der Waals surface area contributed by atoms with Gasteiger partial charge in [-0.05, 0) is 45.6 Å². The molecular formula is C52H43N5. The van der Waals surface area contributed by atoms with E-state index in [-0.39, 0.29) is 16.2 Å². The highest BCUT2D eigenvalue weighted by atomic mass is 15.2. The quantitative estimate of drug-likeness (QED) is 0.181. The summed E-state index contributed by atoms with van der Waals surface area (Å²) >= 11 is 0. The van der Waals surface area contributed by atoms with Gasteiger partial charge in [-0.1, -0.05) is 175 Å². The van der Waals surface area contributed by atoms with Crippen LogP contribution in [0.2, 0.25) is 0 Å². The van der Waals surface area contributed by atoms with Crippen molar-refractivity contribution in [1.29, 1.82) is 0 Å². The Bertz CT molecular complexity index is 3200. The zero-order valence-corrected chi connectivity index (χ0v) is 33.2. The maximum atomic E-state index is 5.29. The first-order chi connectivity index (χ1) is 27.6. The standard InChI is InChI=1S/C52H43N5/c1-50(2)38-28-19-31-41(44(38)51(3,4)52(50,5)6)56-39-29-17-15-26-36(39)42-43-37-27-16-18-30-40(37)57(46(43)35-25-14-13-24-34(35)45(42)56)49-54-47(32-20-9-7-10-21-32)53-48(55-49)33-22-11-8-12-23-33/h7-31H,1-6H3. The van der Waals surface area contributed by atoms with Crippen LogP contribution in [0.15, 0.2) is 152 Å². The molecule has 3 aromatic heterocycles.